The summed E-state index contributed by atoms with van der Waals surface area (Å²) in [5.41, 5.74) is 3.34. The third-order valence-electron chi connectivity index (χ3n) is 4.98. The number of benzene rings is 2. The fourth-order valence-electron chi connectivity index (χ4n) is 3.56. The second kappa shape index (κ2) is 8.13. The molecule has 0 saturated carbocycles. The van der Waals surface area contributed by atoms with E-state index in [1.807, 2.05) is 30.0 Å². The molecule has 1 N–H and O–H groups in total. The van der Waals surface area contributed by atoms with Gasteiger partial charge in [-0.1, -0.05) is 18.2 Å². The van der Waals surface area contributed by atoms with Crippen LogP contribution in [0.5, 0.6) is 11.5 Å². The molecular weight excluding hydrogens is 362 g/mol. The Morgan fingerprint density at radius 1 is 1.22 bits per heavy atom. The van der Waals surface area contributed by atoms with Crippen LogP contribution in [0.15, 0.2) is 42.5 Å². The molecule has 1 fully saturated rings. The molecule has 0 spiro atoms. The van der Waals surface area contributed by atoms with Gasteiger partial charge in [0.2, 0.25) is 0 Å². The Morgan fingerprint density at radius 2 is 2.07 bits per heavy atom. The summed E-state index contributed by atoms with van der Waals surface area (Å²) < 4.78 is 11.6. The van der Waals surface area contributed by atoms with E-state index in [0.717, 1.165) is 35.7 Å². The van der Waals surface area contributed by atoms with E-state index in [0.29, 0.717) is 13.2 Å². The molecule has 0 amide bonds. The maximum Gasteiger partial charge on any atom is 0.304 e. The summed E-state index contributed by atoms with van der Waals surface area (Å²) in [7, 11) is 0. The van der Waals surface area contributed by atoms with Crippen LogP contribution in [0.3, 0.4) is 0 Å². The minimum Gasteiger partial charge on any atom is -0.492 e. The second-order valence-electron chi connectivity index (χ2n) is 6.86. The number of carboxylic acid groups (broad SMARTS) is 1. The normalized spacial score (nSPS) is 18.7. The fourth-order valence-corrected chi connectivity index (χ4v) is 4.46. The van der Waals surface area contributed by atoms with Crippen LogP contribution in [0.25, 0.3) is 0 Å². The van der Waals surface area contributed by atoms with Gasteiger partial charge in [0.25, 0.3) is 0 Å². The van der Waals surface area contributed by atoms with Crippen molar-refractivity contribution in [2.45, 2.75) is 18.9 Å². The van der Waals surface area contributed by atoms with E-state index < -0.39 is 5.97 Å². The SMILES string of the molecule is O=C(O)CC1COc2cc(OCc3cccc(N4CCSCC4)c3)ccc21. The quantitative estimate of drug-likeness (QED) is 0.817. The minimum absolute atomic E-state index is 0.0778. The van der Waals surface area contributed by atoms with Crippen LogP contribution in [-0.2, 0) is 11.4 Å². The van der Waals surface area contributed by atoms with Gasteiger partial charge in [-0.25, -0.2) is 0 Å². The van der Waals surface area contributed by atoms with Gasteiger partial charge in [-0.3, -0.25) is 4.79 Å². The van der Waals surface area contributed by atoms with Crippen molar-refractivity contribution in [2.24, 2.45) is 0 Å². The number of hydrogen-bond acceptors (Lipinski definition) is 5. The van der Waals surface area contributed by atoms with Crippen molar-refractivity contribution in [3.8, 4) is 11.5 Å². The molecule has 142 valence electrons. The number of carbonyl (C=O) groups is 1. The van der Waals surface area contributed by atoms with Crippen molar-refractivity contribution in [3.63, 3.8) is 0 Å². The highest BCUT2D eigenvalue weighted by Gasteiger charge is 2.26. The predicted molar refractivity (Wildman–Crippen MR) is 107 cm³/mol. The number of hydrogen-bond donors (Lipinski definition) is 1. The molecule has 4 rings (SSSR count). The van der Waals surface area contributed by atoms with Gasteiger partial charge in [0.15, 0.2) is 0 Å². The summed E-state index contributed by atoms with van der Waals surface area (Å²) in [5, 5.41) is 9.00. The van der Waals surface area contributed by atoms with Gasteiger partial charge >= 0.3 is 5.97 Å². The zero-order chi connectivity index (χ0) is 18.6. The van der Waals surface area contributed by atoms with Gasteiger partial charge in [0, 0.05) is 47.8 Å². The molecule has 2 aromatic carbocycles. The van der Waals surface area contributed by atoms with E-state index in [2.05, 4.69) is 29.2 Å². The Bertz CT molecular complexity index is 820. The lowest BCUT2D eigenvalue weighted by Gasteiger charge is -2.28. The topological polar surface area (TPSA) is 59.0 Å². The van der Waals surface area contributed by atoms with Crippen molar-refractivity contribution < 1.29 is 19.4 Å². The first kappa shape index (κ1) is 18.0. The fraction of sp³-hybridized carbons (Fsp3) is 0.381. The lowest BCUT2D eigenvalue weighted by molar-refractivity contribution is -0.137. The molecule has 2 aliphatic heterocycles. The lowest BCUT2D eigenvalue weighted by Crippen LogP contribution is -2.32. The summed E-state index contributed by atoms with van der Waals surface area (Å²) in [6.07, 6.45) is 0.0923. The maximum atomic E-state index is 10.9. The molecule has 0 aliphatic carbocycles. The minimum atomic E-state index is -0.802. The molecule has 2 aromatic rings. The summed E-state index contributed by atoms with van der Waals surface area (Å²) in [6.45, 7) is 3.10. The van der Waals surface area contributed by atoms with Crippen molar-refractivity contribution in [1.29, 1.82) is 0 Å². The molecule has 0 radical (unpaired) electrons. The molecule has 0 aromatic heterocycles. The molecule has 1 saturated heterocycles. The van der Waals surface area contributed by atoms with E-state index in [4.69, 9.17) is 14.6 Å². The standard InChI is InChI=1S/C21H23NO4S/c23-21(24)11-16-14-26-20-12-18(4-5-19(16)20)25-13-15-2-1-3-17(10-15)22-6-8-27-9-7-22/h1-5,10,12,16H,6-9,11,13-14H2,(H,23,24). The highest BCUT2D eigenvalue weighted by Crippen LogP contribution is 2.38. The predicted octanol–water partition coefficient (Wildman–Crippen LogP) is 3.77. The average molecular weight is 385 g/mol. The van der Waals surface area contributed by atoms with Gasteiger partial charge in [0.05, 0.1) is 13.0 Å². The third-order valence-corrected chi connectivity index (χ3v) is 5.92. The van der Waals surface area contributed by atoms with Gasteiger partial charge in [-0.15, -0.1) is 0 Å². The smallest absolute Gasteiger partial charge is 0.304 e. The number of anilines is 1. The zero-order valence-electron chi connectivity index (χ0n) is 15.1. The maximum absolute atomic E-state index is 10.9. The number of fused-ring (bicyclic) bond motifs is 1. The molecule has 5 nitrogen and oxygen atoms in total. The first-order valence-electron chi connectivity index (χ1n) is 9.22. The number of thioether (sulfide) groups is 1. The van der Waals surface area contributed by atoms with E-state index in [1.165, 1.54) is 17.2 Å². The monoisotopic (exact) mass is 385 g/mol. The van der Waals surface area contributed by atoms with Gasteiger partial charge in [0.1, 0.15) is 18.1 Å². The van der Waals surface area contributed by atoms with Crippen LogP contribution < -0.4 is 14.4 Å². The molecule has 2 heterocycles. The molecule has 1 unspecified atom stereocenters. The molecule has 2 aliphatic rings. The van der Waals surface area contributed by atoms with E-state index in [-0.39, 0.29) is 12.3 Å². The number of aliphatic carboxylic acids is 1. The van der Waals surface area contributed by atoms with Crippen molar-refractivity contribution in [3.05, 3.63) is 53.6 Å². The van der Waals surface area contributed by atoms with Crippen LogP contribution in [0, 0.1) is 0 Å². The summed E-state index contributed by atoms with van der Waals surface area (Å²) in [6, 6.07) is 14.2. The van der Waals surface area contributed by atoms with Crippen molar-refractivity contribution >= 4 is 23.4 Å². The molecule has 0 bridgehead atoms. The largest absolute Gasteiger partial charge is 0.492 e. The summed E-state index contributed by atoms with van der Waals surface area (Å²) in [5.74, 6) is 2.95. The van der Waals surface area contributed by atoms with Crippen LogP contribution in [0.1, 0.15) is 23.5 Å². The Morgan fingerprint density at radius 3 is 2.89 bits per heavy atom. The van der Waals surface area contributed by atoms with Crippen LogP contribution in [0.2, 0.25) is 0 Å². The van der Waals surface area contributed by atoms with Crippen molar-refractivity contribution in [2.75, 3.05) is 36.1 Å². The Kier molecular flexibility index (Phi) is 5.43. The second-order valence-corrected chi connectivity index (χ2v) is 8.09. The molecule has 6 heteroatoms. The van der Waals surface area contributed by atoms with Gasteiger partial charge in [-0.2, -0.15) is 11.8 Å². The third kappa shape index (κ3) is 4.33. The van der Waals surface area contributed by atoms with E-state index in [1.54, 1.807) is 0 Å². The molecule has 27 heavy (non-hydrogen) atoms. The zero-order valence-corrected chi connectivity index (χ0v) is 15.9. The van der Waals surface area contributed by atoms with E-state index in [9.17, 15) is 4.79 Å². The van der Waals surface area contributed by atoms with Crippen LogP contribution in [-0.4, -0.2) is 42.3 Å². The number of rotatable bonds is 6. The Labute approximate surface area is 163 Å². The summed E-state index contributed by atoms with van der Waals surface area (Å²) >= 11 is 2.01. The number of ether oxygens (including phenoxy) is 2. The van der Waals surface area contributed by atoms with E-state index >= 15 is 0 Å². The Hall–Kier alpha value is -2.34. The molecule has 1 atom stereocenters. The lowest BCUT2D eigenvalue weighted by atomic mass is 9.98. The first-order valence-corrected chi connectivity index (χ1v) is 10.4. The van der Waals surface area contributed by atoms with Crippen molar-refractivity contribution in [1.82, 2.24) is 0 Å². The first-order chi connectivity index (χ1) is 13.2. The van der Waals surface area contributed by atoms with Gasteiger partial charge < -0.3 is 19.5 Å². The van der Waals surface area contributed by atoms with Gasteiger partial charge in [-0.05, 0) is 23.8 Å². The molecular formula is C21H23NO4S. The summed E-state index contributed by atoms with van der Waals surface area (Å²) in [4.78, 5) is 13.4. The highest BCUT2D eigenvalue weighted by atomic mass is 32.2. The van der Waals surface area contributed by atoms with Crippen LogP contribution >= 0.6 is 11.8 Å². The highest BCUT2D eigenvalue weighted by molar-refractivity contribution is 7.99. The Balaban J connectivity index is 1.40. The number of carboxylic acids is 1. The average Bonchev–Trinajstić information content (AvgIpc) is 3.09. The van der Waals surface area contributed by atoms with Crippen LogP contribution in [0.4, 0.5) is 5.69 Å². The number of nitrogens with zero attached hydrogens (tertiary/aromatic N) is 1.